The number of aryl methyl sites for hydroxylation is 3. The van der Waals surface area contributed by atoms with Gasteiger partial charge in [-0.15, -0.1) is 0 Å². The Labute approximate surface area is 225 Å². The van der Waals surface area contributed by atoms with Crippen LogP contribution in [0.25, 0.3) is 0 Å². The van der Waals surface area contributed by atoms with Crippen molar-refractivity contribution in [1.29, 1.82) is 0 Å². The van der Waals surface area contributed by atoms with Crippen LogP contribution >= 0.6 is 0 Å². The molecule has 1 nitrogen and oxygen atoms in total. The maximum atomic E-state index is 2.72. The number of nitrogens with zero attached hydrogens (tertiary/aromatic N) is 1. The molecule has 3 aliphatic rings. The minimum Gasteiger partial charge on any atom is -0.357 e. The van der Waals surface area contributed by atoms with E-state index in [9.17, 15) is 0 Å². The van der Waals surface area contributed by atoms with E-state index in [0.717, 1.165) is 0 Å². The molecule has 1 aliphatic heterocycles. The molecule has 2 unspecified atom stereocenters. The topological polar surface area (TPSA) is 3.24 Å². The first-order chi connectivity index (χ1) is 17.4. The van der Waals surface area contributed by atoms with E-state index in [1.54, 1.807) is 5.92 Å². The predicted molar refractivity (Wildman–Crippen MR) is 160 cm³/mol. The highest BCUT2D eigenvalue weighted by atomic mass is 15.2. The number of allylic oxidation sites excluding steroid dienone is 4. The third-order valence-corrected chi connectivity index (χ3v) is 8.52. The standard InChI is InChI=1S/C36H44N/c1-23-19-24(2)33(25(3)20-23)34-29-17-15-26(35(4,5)6)21-31(29)37(28-13-11-10-12-14-28)32-22-27(36(7,8)9)16-18-30(32)34/h10-22,29-32H,1-9H3/t29?,30?,31-,32+. The highest BCUT2D eigenvalue weighted by Crippen LogP contribution is 2.52. The molecule has 0 spiro atoms. The van der Waals surface area contributed by atoms with Gasteiger partial charge in [-0.05, 0) is 71.6 Å². The largest absolute Gasteiger partial charge is 0.357 e. The van der Waals surface area contributed by atoms with Gasteiger partial charge in [-0.25, -0.2) is 0 Å². The molecule has 1 saturated heterocycles. The molecule has 0 N–H and O–H groups in total. The van der Waals surface area contributed by atoms with E-state index >= 15 is 0 Å². The summed E-state index contributed by atoms with van der Waals surface area (Å²) in [5.74, 6) is 2.22. The van der Waals surface area contributed by atoms with Gasteiger partial charge in [0.05, 0.1) is 12.1 Å². The molecular formula is C36H44N. The van der Waals surface area contributed by atoms with Crippen LogP contribution in [0.15, 0.2) is 90.1 Å². The molecule has 0 bridgehead atoms. The Hall–Kier alpha value is -2.80. The molecule has 0 saturated carbocycles. The van der Waals surface area contributed by atoms with Gasteiger partial charge in [-0.1, -0.05) is 114 Å². The SMILES string of the molecule is Cc1cc(C)c([C]2C3C=CC(C(C)(C)C)=C[C@H]3N(c3ccccc3)[C@H]3C=C(C(C)(C)C)C=CC23)c(C)c1. The van der Waals surface area contributed by atoms with Crippen LogP contribution in [-0.4, -0.2) is 12.1 Å². The van der Waals surface area contributed by atoms with Crippen molar-refractivity contribution in [1.82, 2.24) is 0 Å². The lowest BCUT2D eigenvalue weighted by Crippen LogP contribution is -2.58. The second kappa shape index (κ2) is 9.19. The molecule has 4 atom stereocenters. The monoisotopic (exact) mass is 490 g/mol. The number of para-hydroxylation sites is 1. The molecular weight excluding hydrogens is 446 g/mol. The van der Waals surface area contributed by atoms with E-state index in [-0.39, 0.29) is 22.9 Å². The summed E-state index contributed by atoms with van der Waals surface area (Å²) in [5, 5.41) is 0. The third-order valence-electron chi connectivity index (χ3n) is 8.52. The molecule has 0 amide bonds. The molecule has 1 radical (unpaired) electrons. The van der Waals surface area contributed by atoms with E-state index in [1.165, 1.54) is 39.1 Å². The Morgan fingerprint density at radius 1 is 0.649 bits per heavy atom. The number of piperidine rings is 1. The summed E-state index contributed by atoms with van der Waals surface area (Å²) >= 11 is 0. The Morgan fingerprint density at radius 2 is 1.11 bits per heavy atom. The van der Waals surface area contributed by atoms with Crippen molar-refractivity contribution in [3.63, 3.8) is 0 Å². The second-order valence-electron chi connectivity index (χ2n) is 13.5. The first-order valence-corrected chi connectivity index (χ1v) is 14.0. The molecule has 2 aliphatic carbocycles. The average Bonchev–Trinajstić information content (AvgIpc) is 2.81. The van der Waals surface area contributed by atoms with Crippen LogP contribution in [0.5, 0.6) is 0 Å². The van der Waals surface area contributed by atoms with Crippen LogP contribution in [0.4, 0.5) is 5.69 Å². The van der Waals surface area contributed by atoms with Gasteiger partial charge in [0.25, 0.3) is 0 Å². The molecule has 37 heavy (non-hydrogen) atoms. The van der Waals surface area contributed by atoms with E-state index in [0.29, 0.717) is 11.8 Å². The summed E-state index contributed by atoms with van der Waals surface area (Å²) in [6.07, 6.45) is 15.0. The first kappa shape index (κ1) is 25.8. The van der Waals surface area contributed by atoms with Gasteiger partial charge >= 0.3 is 0 Å². The fourth-order valence-electron chi connectivity index (χ4n) is 6.74. The van der Waals surface area contributed by atoms with Crippen LogP contribution < -0.4 is 4.90 Å². The molecule has 2 aromatic carbocycles. The quantitative estimate of drug-likeness (QED) is 0.406. The zero-order chi connectivity index (χ0) is 26.7. The lowest BCUT2D eigenvalue weighted by atomic mass is 9.61. The fraction of sp³-hybridized carbons (Fsp3) is 0.417. The fourth-order valence-corrected chi connectivity index (χ4v) is 6.74. The highest BCUT2D eigenvalue weighted by molar-refractivity contribution is 5.62. The van der Waals surface area contributed by atoms with Crippen LogP contribution in [-0.2, 0) is 0 Å². The Bertz CT molecular complexity index is 1210. The highest BCUT2D eigenvalue weighted by Gasteiger charge is 2.50. The Kier molecular flexibility index (Phi) is 6.42. The molecule has 0 aromatic heterocycles. The zero-order valence-corrected chi connectivity index (χ0v) is 24.3. The van der Waals surface area contributed by atoms with Gasteiger partial charge < -0.3 is 4.90 Å². The minimum atomic E-state index is 0.107. The molecule has 1 heteroatoms. The van der Waals surface area contributed by atoms with Crippen LogP contribution in [0.2, 0.25) is 0 Å². The molecule has 193 valence electrons. The summed E-state index contributed by atoms with van der Waals surface area (Å²) in [4.78, 5) is 2.72. The number of hydrogen-bond acceptors (Lipinski definition) is 1. The van der Waals surface area contributed by atoms with Crippen molar-refractivity contribution < 1.29 is 0 Å². The van der Waals surface area contributed by atoms with Gasteiger partial charge in [0.2, 0.25) is 0 Å². The Morgan fingerprint density at radius 3 is 1.54 bits per heavy atom. The molecule has 1 heterocycles. The van der Waals surface area contributed by atoms with Gasteiger partial charge in [0.1, 0.15) is 0 Å². The molecule has 1 fully saturated rings. The number of fused-ring (bicyclic) bond motifs is 2. The van der Waals surface area contributed by atoms with Crippen molar-refractivity contribution >= 4 is 5.69 Å². The summed E-state index contributed by atoms with van der Waals surface area (Å²) in [5.41, 5.74) is 9.99. The second-order valence-corrected chi connectivity index (χ2v) is 13.5. The van der Waals surface area contributed by atoms with Crippen LogP contribution in [0.3, 0.4) is 0 Å². The van der Waals surface area contributed by atoms with Gasteiger partial charge in [-0.3, -0.25) is 0 Å². The number of hydrogen-bond donors (Lipinski definition) is 0. The number of anilines is 1. The minimum absolute atomic E-state index is 0.107. The Balaban J connectivity index is 1.76. The normalized spacial score (nSPS) is 25.9. The predicted octanol–water partition coefficient (Wildman–Crippen LogP) is 9.11. The van der Waals surface area contributed by atoms with E-state index in [4.69, 9.17) is 0 Å². The van der Waals surface area contributed by atoms with Crippen molar-refractivity contribution in [2.75, 3.05) is 4.90 Å². The summed E-state index contributed by atoms with van der Waals surface area (Å²) < 4.78 is 0. The van der Waals surface area contributed by atoms with Crippen molar-refractivity contribution in [3.05, 3.63) is 118 Å². The maximum Gasteiger partial charge on any atom is 0.0557 e. The smallest absolute Gasteiger partial charge is 0.0557 e. The lowest BCUT2D eigenvalue weighted by Gasteiger charge is -2.55. The van der Waals surface area contributed by atoms with Crippen LogP contribution in [0, 0.1) is 49.4 Å². The molecule has 5 rings (SSSR count). The summed E-state index contributed by atoms with van der Waals surface area (Å²) in [6.45, 7) is 20.8. The summed E-state index contributed by atoms with van der Waals surface area (Å²) in [7, 11) is 0. The van der Waals surface area contributed by atoms with Crippen molar-refractivity contribution in [2.24, 2.45) is 22.7 Å². The number of rotatable bonds is 2. The van der Waals surface area contributed by atoms with Gasteiger partial charge in [-0.2, -0.15) is 0 Å². The zero-order valence-electron chi connectivity index (χ0n) is 24.3. The van der Waals surface area contributed by atoms with Crippen LogP contribution in [0.1, 0.15) is 63.8 Å². The van der Waals surface area contributed by atoms with Gasteiger partial charge in [0, 0.05) is 23.4 Å². The van der Waals surface area contributed by atoms with E-state index in [2.05, 4.69) is 146 Å². The maximum absolute atomic E-state index is 2.72. The van der Waals surface area contributed by atoms with Gasteiger partial charge in [0.15, 0.2) is 0 Å². The van der Waals surface area contributed by atoms with Crippen molar-refractivity contribution in [3.8, 4) is 0 Å². The lowest BCUT2D eigenvalue weighted by molar-refractivity contribution is 0.356. The number of benzene rings is 2. The third kappa shape index (κ3) is 4.67. The first-order valence-electron chi connectivity index (χ1n) is 14.0. The molecule has 2 aromatic rings. The van der Waals surface area contributed by atoms with E-state index < -0.39 is 0 Å². The van der Waals surface area contributed by atoms with Crippen molar-refractivity contribution in [2.45, 2.75) is 74.4 Å². The average molecular weight is 491 g/mol. The summed E-state index contributed by atoms with van der Waals surface area (Å²) in [6, 6.07) is 16.4. The van der Waals surface area contributed by atoms with E-state index in [1.807, 2.05) is 0 Å².